The number of rotatable bonds is 9. The minimum Gasteiger partial charge on any atom is -0.314 e. The summed E-state index contributed by atoms with van der Waals surface area (Å²) >= 11 is 0. The van der Waals surface area contributed by atoms with Crippen LogP contribution in [0.3, 0.4) is 0 Å². The van der Waals surface area contributed by atoms with Crippen LogP contribution >= 0.6 is 0 Å². The molecular formula is C16H24N2O2. The fraction of sp³-hybridized carbons (Fsp3) is 0.625. The molecule has 0 spiro atoms. The third-order valence-electron chi connectivity index (χ3n) is 4.00. The lowest BCUT2D eigenvalue weighted by Crippen LogP contribution is -2.31. The number of nitro groups is 1. The number of benzene rings is 1. The average molecular weight is 276 g/mol. The Labute approximate surface area is 120 Å². The molecule has 0 aromatic heterocycles. The van der Waals surface area contributed by atoms with Crippen LogP contribution in [0, 0.1) is 16.0 Å². The first-order valence-corrected chi connectivity index (χ1v) is 7.68. The standard InChI is InChI=1S/C16H24N2O2/c1-2-12-17-15(13-10-11-13)8-5-7-14-6-3-4-9-16(14)18(19)20/h3-4,6,9,13,15,17H,2,5,7-8,10-12H2,1H3. The number of para-hydroxylation sites is 1. The van der Waals surface area contributed by atoms with Crippen molar-refractivity contribution >= 4 is 5.69 Å². The van der Waals surface area contributed by atoms with Crippen LogP contribution in [-0.4, -0.2) is 17.5 Å². The van der Waals surface area contributed by atoms with Gasteiger partial charge in [-0.05, 0) is 51.0 Å². The molecule has 0 aliphatic heterocycles. The topological polar surface area (TPSA) is 55.2 Å². The Hall–Kier alpha value is -1.42. The van der Waals surface area contributed by atoms with E-state index in [1.54, 1.807) is 12.1 Å². The highest BCUT2D eigenvalue weighted by Gasteiger charge is 2.30. The Balaban J connectivity index is 1.83. The second kappa shape index (κ2) is 7.39. The summed E-state index contributed by atoms with van der Waals surface area (Å²) in [5.41, 5.74) is 1.12. The number of nitro benzene ring substituents is 1. The van der Waals surface area contributed by atoms with Gasteiger partial charge in [-0.15, -0.1) is 0 Å². The third kappa shape index (κ3) is 4.30. The van der Waals surface area contributed by atoms with Gasteiger partial charge in [0.1, 0.15) is 0 Å². The van der Waals surface area contributed by atoms with Crippen LogP contribution < -0.4 is 5.32 Å². The Morgan fingerprint density at radius 3 is 2.80 bits per heavy atom. The Kier molecular flexibility index (Phi) is 5.53. The molecule has 1 aliphatic carbocycles. The molecule has 1 aromatic rings. The molecule has 1 atom stereocenters. The van der Waals surface area contributed by atoms with Gasteiger partial charge >= 0.3 is 0 Å². The highest BCUT2D eigenvalue weighted by Crippen LogP contribution is 2.35. The van der Waals surface area contributed by atoms with E-state index in [0.717, 1.165) is 43.7 Å². The maximum Gasteiger partial charge on any atom is 0.272 e. The summed E-state index contributed by atoms with van der Waals surface area (Å²) in [7, 11) is 0. The van der Waals surface area contributed by atoms with Crippen LogP contribution in [0.15, 0.2) is 24.3 Å². The molecule has 0 saturated heterocycles. The van der Waals surface area contributed by atoms with Crippen molar-refractivity contribution in [3.05, 3.63) is 39.9 Å². The minimum atomic E-state index is -0.275. The van der Waals surface area contributed by atoms with Gasteiger partial charge in [0.05, 0.1) is 4.92 Å². The smallest absolute Gasteiger partial charge is 0.272 e. The van der Waals surface area contributed by atoms with Crippen LogP contribution in [0.1, 0.15) is 44.6 Å². The van der Waals surface area contributed by atoms with Crippen molar-refractivity contribution in [3.63, 3.8) is 0 Å². The van der Waals surface area contributed by atoms with E-state index in [9.17, 15) is 10.1 Å². The summed E-state index contributed by atoms with van der Waals surface area (Å²) < 4.78 is 0. The summed E-state index contributed by atoms with van der Waals surface area (Å²) in [6.07, 6.45) is 6.78. The summed E-state index contributed by atoms with van der Waals surface area (Å²) in [5, 5.41) is 14.6. The van der Waals surface area contributed by atoms with Crippen molar-refractivity contribution in [3.8, 4) is 0 Å². The van der Waals surface area contributed by atoms with Gasteiger partial charge in [0.15, 0.2) is 0 Å². The van der Waals surface area contributed by atoms with Crippen LogP contribution in [0.2, 0.25) is 0 Å². The van der Waals surface area contributed by atoms with Crippen molar-refractivity contribution in [2.24, 2.45) is 5.92 Å². The summed E-state index contributed by atoms with van der Waals surface area (Å²) in [4.78, 5) is 10.7. The number of hydrogen-bond acceptors (Lipinski definition) is 3. The lowest BCUT2D eigenvalue weighted by Gasteiger charge is -2.17. The van der Waals surface area contributed by atoms with E-state index in [0.29, 0.717) is 6.04 Å². The predicted octanol–water partition coefficient (Wildman–Crippen LogP) is 3.70. The summed E-state index contributed by atoms with van der Waals surface area (Å²) in [5.74, 6) is 0.840. The molecule has 1 fully saturated rings. The zero-order valence-corrected chi connectivity index (χ0v) is 12.2. The van der Waals surface area contributed by atoms with Crippen molar-refractivity contribution in [1.82, 2.24) is 5.32 Å². The van der Waals surface area contributed by atoms with Crippen molar-refractivity contribution < 1.29 is 4.92 Å². The van der Waals surface area contributed by atoms with Gasteiger partial charge in [-0.25, -0.2) is 0 Å². The van der Waals surface area contributed by atoms with Gasteiger partial charge in [-0.3, -0.25) is 10.1 Å². The molecule has 4 heteroatoms. The number of hydrogen-bond donors (Lipinski definition) is 1. The summed E-state index contributed by atoms with van der Waals surface area (Å²) in [6, 6.07) is 7.71. The molecule has 110 valence electrons. The zero-order chi connectivity index (χ0) is 14.4. The highest BCUT2D eigenvalue weighted by atomic mass is 16.6. The maximum atomic E-state index is 11.0. The second-order valence-electron chi connectivity index (χ2n) is 5.68. The number of aryl methyl sites for hydroxylation is 1. The molecule has 0 amide bonds. The van der Waals surface area contributed by atoms with E-state index in [-0.39, 0.29) is 10.6 Å². The van der Waals surface area contributed by atoms with E-state index in [4.69, 9.17) is 0 Å². The molecule has 0 heterocycles. The minimum absolute atomic E-state index is 0.261. The van der Waals surface area contributed by atoms with E-state index in [1.807, 2.05) is 12.1 Å². The first kappa shape index (κ1) is 15.0. The molecule has 2 rings (SSSR count). The maximum absolute atomic E-state index is 11.0. The molecule has 1 aliphatic rings. The predicted molar refractivity (Wildman–Crippen MR) is 80.8 cm³/mol. The molecule has 1 saturated carbocycles. The zero-order valence-electron chi connectivity index (χ0n) is 12.2. The summed E-state index contributed by atoms with van der Waals surface area (Å²) in [6.45, 7) is 3.26. The fourth-order valence-electron chi connectivity index (χ4n) is 2.75. The van der Waals surface area contributed by atoms with Crippen molar-refractivity contribution in [2.45, 2.75) is 51.5 Å². The lowest BCUT2D eigenvalue weighted by molar-refractivity contribution is -0.385. The molecule has 0 radical (unpaired) electrons. The Morgan fingerprint density at radius 1 is 1.40 bits per heavy atom. The first-order valence-electron chi connectivity index (χ1n) is 7.68. The molecule has 0 bridgehead atoms. The van der Waals surface area contributed by atoms with Gasteiger partial charge in [-0.2, -0.15) is 0 Å². The lowest BCUT2D eigenvalue weighted by atomic mass is 10.0. The first-order chi connectivity index (χ1) is 9.72. The number of nitrogens with zero attached hydrogens (tertiary/aromatic N) is 1. The molecule has 1 unspecified atom stereocenters. The van der Waals surface area contributed by atoms with Gasteiger partial charge in [0.2, 0.25) is 0 Å². The average Bonchev–Trinajstić information content (AvgIpc) is 3.27. The van der Waals surface area contributed by atoms with Crippen LogP contribution in [0.5, 0.6) is 0 Å². The normalized spacial score (nSPS) is 16.1. The van der Waals surface area contributed by atoms with Gasteiger partial charge in [-0.1, -0.05) is 25.1 Å². The van der Waals surface area contributed by atoms with E-state index >= 15 is 0 Å². The molecular weight excluding hydrogens is 252 g/mol. The molecule has 20 heavy (non-hydrogen) atoms. The third-order valence-corrected chi connectivity index (χ3v) is 4.00. The number of nitrogens with one attached hydrogen (secondary N) is 1. The second-order valence-corrected chi connectivity index (χ2v) is 5.68. The molecule has 1 aromatic carbocycles. The van der Waals surface area contributed by atoms with E-state index in [2.05, 4.69) is 12.2 Å². The quantitative estimate of drug-likeness (QED) is 0.552. The molecule has 4 nitrogen and oxygen atoms in total. The van der Waals surface area contributed by atoms with Gasteiger partial charge in [0, 0.05) is 17.7 Å². The fourth-order valence-corrected chi connectivity index (χ4v) is 2.75. The van der Waals surface area contributed by atoms with Gasteiger partial charge in [0.25, 0.3) is 5.69 Å². The SMILES string of the molecule is CCCNC(CCCc1ccccc1[N+](=O)[O-])C1CC1. The van der Waals surface area contributed by atoms with Crippen molar-refractivity contribution in [2.75, 3.05) is 6.54 Å². The largest absolute Gasteiger partial charge is 0.314 e. The van der Waals surface area contributed by atoms with Crippen LogP contribution in [0.4, 0.5) is 5.69 Å². The van der Waals surface area contributed by atoms with Crippen LogP contribution in [-0.2, 0) is 6.42 Å². The monoisotopic (exact) mass is 276 g/mol. The highest BCUT2D eigenvalue weighted by molar-refractivity contribution is 5.39. The van der Waals surface area contributed by atoms with Gasteiger partial charge < -0.3 is 5.32 Å². The van der Waals surface area contributed by atoms with E-state index in [1.165, 1.54) is 12.8 Å². The van der Waals surface area contributed by atoms with Crippen LogP contribution in [0.25, 0.3) is 0 Å². The Morgan fingerprint density at radius 2 is 2.15 bits per heavy atom. The molecule has 1 N–H and O–H groups in total. The van der Waals surface area contributed by atoms with E-state index < -0.39 is 0 Å². The van der Waals surface area contributed by atoms with Crippen molar-refractivity contribution in [1.29, 1.82) is 0 Å². The Bertz CT molecular complexity index is 444.